The molecule has 1 amide bonds. The van der Waals surface area contributed by atoms with E-state index in [0.717, 1.165) is 6.42 Å². The maximum Gasteiger partial charge on any atom is 0.243 e. The first-order valence-electron chi connectivity index (χ1n) is 5.06. The van der Waals surface area contributed by atoms with E-state index in [1.165, 1.54) is 0 Å². The highest BCUT2D eigenvalue weighted by molar-refractivity contribution is 5.75. The minimum Gasteiger partial charge on any atom is -0.330 e. The van der Waals surface area contributed by atoms with Crippen LogP contribution in [0.4, 0.5) is 0 Å². The predicted octanol–water partition coefficient (Wildman–Crippen LogP) is 1.21. The van der Waals surface area contributed by atoms with Crippen LogP contribution in [0.5, 0.6) is 0 Å². The lowest BCUT2D eigenvalue weighted by Gasteiger charge is -2.20. The number of hydrogen-bond acceptors (Lipinski definition) is 3. The van der Waals surface area contributed by atoms with Gasteiger partial charge >= 0.3 is 0 Å². The Balaban J connectivity index is 3.75. The second-order valence-corrected chi connectivity index (χ2v) is 4.45. The van der Waals surface area contributed by atoms with Crippen LogP contribution in [0, 0.1) is 5.92 Å². The summed E-state index contributed by atoms with van der Waals surface area (Å²) in [7, 11) is 0. The lowest BCUT2D eigenvalue weighted by Crippen LogP contribution is -2.35. The van der Waals surface area contributed by atoms with Crippen LogP contribution < -0.4 is 11.2 Å². The molecule has 0 aliphatic heterocycles. The molecule has 1 unspecified atom stereocenters. The zero-order valence-electron chi connectivity index (χ0n) is 9.59. The molecule has 84 valence electrons. The summed E-state index contributed by atoms with van der Waals surface area (Å²) < 4.78 is 0. The Kier molecular flexibility index (Phi) is 5.72. The molecule has 4 nitrogen and oxygen atoms in total. The van der Waals surface area contributed by atoms with E-state index < -0.39 is 0 Å². The molecule has 0 radical (unpaired) electrons. The summed E-state index contributed by atoms with van der Waals surface area (Å²) in [5.41, 5.74) is 7.57. The van der Waals surface area contributed by atoms with Crippen molar-refractivity contribution < 1.29 is 9.63 Å². The van der Waals surface area contributed by atoms with Crippen molar-refractivity contribution in [3.63, 3.8) is 0 Å². The first-order chi connectivity index (χ1) is 6.39. The third-order valence-corrected chi connectivity index (χ3v) is 1.86. The average molecular weight is 202 g/mol. The Morgan fingerprint density at radius 3 is 2.43 bits per heavy atom. The van der Waals surface area contributed by atoms with Gasteiger partial charge in [0.05, 0.1) is 5.60 Å². The molecule has 0 aromatic heterocycles. The normalized spacial score (nSPS) is 13.8. The Morgan fingerprint density at radius 1 is 1.50 bits per heavy atom. The van der Waals surface area contributed by atoms with Crippen molar-refractivity contribution in [2.24, 2.45) is 11.7 Å². The van der Waals surface area contributed by atoms with Gasteiger partial charge in [0.15, 0.2) is 0 Å². The SMILES string of the molecule is CCC(CN)CC(=O)NOC(C)(C)C. The highest BCUT2D eigenvalue weighted by Gasteiger charge is 2.15. The molecular weight excluding hydrogens is 180 g/mol. The maximum atomic E-state index is 11.3. The van der Waals surface area contributed by atoms with Gasteiger partial charge in [-0.1, -0.05) is 13.3 Å². The van der Waals surface area contributed by atoms with Gasteiger partial charge < -0.3 is 5.73 Å². The Hall–Kier alpha value is -0.610. The number of carbonyl (C=O) groups excluding carboxylic acids is 1. The largest absolute Gasteiger partial charge is 0.330 e. The molecular formula is C10H22N2O2. The summed E-state index contributed by atoms with van der Waals surface area (Å²) in [5.74, 6) is 0.149. The fraction of sp³-hybridized carbons (Fsp3) is 0.900. The van der Waals surface area contributed by atoms with Crippen LogP contribution in [0.1, 0.15) is 40.5 Å². The molecule has 0 fully saturated rings. The molecule has 0 aliphatic rings. The van der Waals surface area contributed by atoms with Crippen LogP contribution in [-0.2, 0) is 9.63 Å². The van der Waals surface area contributed by atoms with Crippen LogP contribution in [0.25, 0.3) is 0 Å². The van der Waals surface area contributed by atoms with Gasteiger partial charge in [0.1, 0.15) is 0 Å². The molecule has 0 saturated carbocycles. The van der Waals surface area contributed by atoms with E-state index in [9.17, 15) is 4.79 Å². The summed E-state index contributed by atoms with van der Waals surface area (Å²) in [6.45, 7) is 8.21. The van der Waals surface area contributed by atoms with E-state index in [4.69, 9.17) is 10.6 Å². The molecule has 0 rings (SSSR count). The van der Waals surface area contributed by atoms with Crippen molar-refractivity contribution in [1.82, 2.24) is 5.48 Å². The zero-order chi connectivity index (χ0) is 11.2. The van der Waals surface area contributed by atoms with E-state index in [-0.39, 0.29) is 17.4 Å². The quantitative estimate of drug-likeness (QED) is 0.659. The molecule has 0 spiro atoms. The molecule has 0 aliphatic carbocycles. The van der Waals surface area contributed by atoms with Gasteiger partial charge in [0, 0.05) is 6.42 Å². The smallest absolute Gasteiger partial charge is 0.243 e. The maximum absolute atomic E-state index is 11.3. The Morgan fingerprint density at radius 2 is 2.07 bits per heavy atom. The van der Waals surface area contributed by atoms with Crippen LogP contribution in [0.3, 0.4) is 0 Å². The summed E-state index contributed by atoms with van der Waals surface area (Å²) >= 11 is 0. The second-order valence-electron chi connectivity index (χ2n) is 4.45. The summed E-state index contributed by atoms with van der Waals surface area (Å²) in [6.07, 6.45) is 1.35. The highest BCUT2D eigenvalue weighted by Crippen LogP contribution is 2.07. The second kappa shape index (κ2) is 5.98. The highest BCUT2D eigenvalue weighted by atomic mass is 16.7. The van der Waals surface area contributed by atoms with Gasteiger partial charge in [-0.2, -0.15) is 0 Å². The zero-order valence-corrected chi connectivity index (χ0v) is 9.59. The van der Waals surface area contributed by atoms with Crippen LogP contribution in [0.15, 0.2) is 0 Å². The summed E-state index contributed by atoms with van der Waals surface area (Å²) in [6, 6.07) is 0. The number of nitrogens with two attached hydrogens (primary N) is 1. The lowest BCUT2D eigenvalue weighted by molar-refractivity contribution is -0.146. The minimum absolute atomic E-state index is 0.0998. The van der Waals surface area contributed by atoms with Gasteiger partial charge in [-0.3, -0.25) is 9.63 Å². The van der Waals surface area contributed by atoms with Crippen LogP contribution >= 0.6 is 0 Å². The molecule has 0 aromatic rings. The number of amides is 1. The number of rotatable bonds is 5. The van der Waals surface area contributed by atoms with Crippen molar-refractivity contribution in [3.05, 3.63) is 0 Å². The van der Waals surface area contributed by atoms with E-state index in [2.05, 4.69) is 5.48 Å². The monoisotopic (exact) mass is 202 g/mol. The molecule has 4 heteroatoms. The average Bonchev–Trinajstić information content (AvgIpc) is 2.09. The third-order valence-electron chi connectivity index (χ3n) is 1.86. The Bertz CT molecular complexity index is 171. The molecule has 0 aromatic carbocycles. The number of hydrogen-bond donors (Lipinski definition) is 2. The van der Waals surface area contributed by atoms with Gasteiger partial charge in [-0.15, -0.1) is 0 Å². The van der Waals surface area contributed by atoms with E-state index in [1.54, 1.807) is 0 Å². The topological polar surface area (TPSA) is 64.4 Å². The van der Waals surface area contributed by atoms with Crippen molar-refractivity contribution in [1.29, 1.82) is 0 Å². The van der Waals surface area contributed by atoms with Crippen molar-refractivity contribution >= 4 is 5.91 Å². The van der Waals surface area contributed by atoms with E-state index >= 15 is 0 Å². The fourth-order valence-electron chi connectivity index (χ4n) is 0.908. The molecule has 0 saturated heterocycles. The molecule has 3 N–H and O–H groups in total. The number of hydroxylamine groups is 1. The van der Waals surface area contributed by atoms with Gasteiger partial charge in [-0.05, 0) is 33.2 Å². The van der Waals surface area contributed by atoms with Crippen LogP contribution in [0.2, 0.25) is 0 Å². The van der Waals surface area contributed by atoms with E-state index in [1.807, 2.05) is 27.7 Å². The molecule has 0 bridgehead atoms. The minimum atomic E-state index is -0.347. The van der Waals surface area contributed by atoms with Crippen molar-refractivity contribution in [3.8, 4) is 0 Å². The predicted molar refractivity (Wildman–Crippen MR) is 56.4 cm³/mol. The molecule has 14 heavy (non-hydrogen) atoms. The molecule has 0 heterocycles. The van der Waals surface area contributed by atoms with E-state index in [0.29, 0.717) is 13.0 Å². The van der Waals surface area contributed by atoms with Gasteiger partial charge in [-0.25, -0.2) is 5.48 Å². The lowest BCUT2D eigenvalue weighted by atomic mass is 10.0. The van der Waals surface area contributed by atoms with Gasteiger partial charge in [0.25, 0.3) is 0 Å². The summed E-state index contributed by atoms with van der Waals surface area (Å²) in [4.78, 5) is 16.5. The van der Waals surface area contributed by atoms with Crippen molar-refractivity contribution in [2.45, 2.75) is 46.1 Å². The van der Waals surface area contributed by atoms with Crippen LogP contribution in [-0.4, -0.2) is 18.1 Å². The third kappa shape index (κ3) is 6.86. The van der Waals surface area contributed by atoms with Crippen molar-refractivity contribution in [2.75, 3.05) is 6.54 Å². The Labute approximate surface area is 86.1 Å². The molecule has 1 atom stereocenters. The summed E-state index contributed by atoms with van der Waals surface area (Å²) in [5, 5.41) is 0. The van der Waals surface area contributed by atoms with Gasteiger partial charge in [0.2, 0.25) is 5.91 Å². The fourth-order valence-corrected chi connectivity index (χ4v) is 0.908. The number of carbonyl (C=O) groups is 1. The first-order valence-corrected chi connectivity index (χ1v) is 5.06. The number of nitrogens with one attached hydrogen (secondary N) is 1. The standard InChI is InChI=1S/C10H22N2O2/c1-5-8(7-11)6-9(13)12-14-10(2,3)4/h8H,5-7,11H2,1-4H3,(H,12,13). The first kappa shape index (κ1) is 13.4.